The Labute approximate surface area is 211 Å². The number of aromatic nitrogens is 1. The van der Waals surface area contributed by atoms with Gasteiger partial charge in [0.05, 0.1) is 22.2 Å². The number of carbonyl (C=O) groups excluding carboxylic acids is 1. The van der Waals surface area contributed by atoms with E-state index >= 15 is 0 Å². The molecule has 7 nitrogen and oxygen atoms in total. The molecule has 5 aromatic rings. The second-order valence-electron chi connectivity index (χ2n) is 8.56. The number of hydrogen-bond donors (Lipinski definition) is 2. The third-order valence-electron chi connectivity index (χ3n) is 6.32. The van der Waals surface area contributed by atoms with Crippen molar-refractivity contribution in [2.45, 2.75) is 17.7 Å². The third kappa shape index (κ3) is 3.96. The standard InChI is InChI=1S/C27H21N3O4S2/c1-34-20-10-12-21(13-11-20)36(32,33)30-19-6-2-5-18(14-19)26(31)29-27-28-25-22-7-3-4-16-8-9-17(24(16)22)15-23(25)35-27/h2-7,10-15,30H,8-9H2,1H3,(H,28,29,31). The first-order valence-corrected chi connectivity index (χ1v) is 13.6. The number of methoxy groups -OCH3 is 1. The van der Waals surface area contributed by atoms with Crippen LogP contribution in [0.15, 0.2) is 77.7 Å². The fraction of sp³-hybridized carbons (Fsp3) is 0.111. The third-order valence-corrected chi connectivity index (χ3v) is 8.63. The van der Waals surface area contributed by atoms with E-state index < -0.39 is 10.0 Å². The van der Waals surface area contributed by atoms with Gasteiger partial charge < -0.3 is 4.74 Å². The molecule has 0 fully saturated rings. The van der Waals surface area contributed by atoms with Gasteiger partial charge in [-0.05, 0) is 77.9 Å². The molecule has 2 N–H and O–H groups in total. The van der Waals surface area contributed by atoms with Crippen LogP contribution in [-0.4, -0.2) is 26.4 Å². The molecule has 0 bridgehead atoms. The van der Waals surface area contributed by atoms with E-state index in [2.05, 4.69) is 34.3 Å². The maximum Gasteiger partial charge on any atom is 0.261 e. The van der Waals surface area contributed by atoms with Gasteiger partial charge in [-0.1, -0.05) is 35.6 Å². The number of nitrogens with zero attached hydrogens (tertiary/aromatic N) is 1. The topological polar surface area (TPSA) is 97.4 Å². The van der Waals surface area contributed by atoms with Crippen LogP contribution in [0, 0.1) is 0 Å². The average Bonchev–Trinajstić information content (AvgIpc) is 3.49. The van der Waals surface area contributed by atoms with Gasteiger partial charge in [-0.25, -0.2) is 13.4 Å². The molecule has 0 aliphatic heterocycles. The van der Waals surface area contributed by atoms with Crippen molar-refractivity contribution in [1.82, 2.24) is 4.98 Å². The van der Waals surface area contributed by atoms with E-state index in [1.807, 2.05) is 0 Å². The predicted octanol–water partition coefficient (Wildman–Crippen LogP) is 5.61. The molecular formula is C27H21N3O4S2. The highest BCUT2D eigenvalue weighted by Gasteiger charge is 2.20. The van der Waals surface area contributed by atoms with E-state index in [-0.39, 0.29) is 16.5 Å². The van der Waals surface area contributed by atoms with Crippen LogP contribution in [0.25, 0.3) is 21.0 Å². The number of ether oxygens (including phenoxy) is 1. The van der Waals surface area contributed by atoms with Crippen LogP contribution < -0.4 is 14.8 Å². The van der Waals surface area contributed by atoms with Gasteiger partial charge in [0.1, 0.15) is 5.75 Å². The van der Waals surface area contributed by atoms with E-state index in [9.17, 15) is 13.2 Å². The molecule has 0 saturated heterocycles. The number of hydrogen-bond acceptors (Lipinski definition) is 6. The molecule has 0 unspecified atom stereocenters. The number of benzene rings is 4. The normalized spacial score (nSPS) is 12.7. The van der Waals surface area contributed by atoms with Gasteiger partial charge in [0.2, 0.25) is 0 Å². The quantitative estimate of drug-likeness (QED) is 0.306. The Morgan fingerprint density at radius 2 is 1.75 bits per heavy atom. The molecule has 1 aliphatic rings. The lowest BCUT2D eigenvalue weighted by Gasteiger charge is -2.10. The largest absolute Gasteiger partial charge is 0.497 e. The SMILES string of the molecule is COc1ccc(S(=O)(=O)Nc2cccc(C(=O)Nc3nc4c(cc5c6c(cccc64)CC5)s3)c2)cc1. The second-order valence-corrected chi connectivity index (χ2v) is 11.3. The van der Waals surface area contributed by atoms with Crippen molar-refractivity contribution in [3.63, 3.8) is 0 Å². The molecule has 1 aromatic heterocycles. The molecule has 0 radical (unpaired) electrons. The van der Waals surface area contributed by atoms with Gasteiger partial charge in [0, 0.05) is 16.6 Å². The van der Waals surface area contributed by atoms with E-state index in [1.54, 1.807) is 30.3 Å². The number of nitrogens with one attached hydrogen (secondary N) is 2. The lowest BCUT2D eigenvalue weighted by molar-refractivity contribution is 0.102. The summed E-state index contributed by atoms with van der Waals surface area (Å²) in [5.41, 5.74) is 4.16. The number of aryl methyl sites for hydroxylation is 2. The Balaban J connectivity index is 1.25. The fourth-order valence-corrected chi connectivity index (χ4v) is 6.61. The van der Waals surface area contributed by atoms with Gasteiger partial charge in [-0.2, -0.15) is 0 Å². The second kappa shape index (κ2) is 8.61. The Hall–Kier alpha value is -3.95. The number of amides is 1. The lowest BCUT2D eigenvalue weighted by atomic mass is 10.0. The highest BCUT2D eigenvalue weighted by molar-refractivity contribution is 7.92. The summed E-state index contributed by atoms with van der Waals surface area (Å²) in [5.74, 6) is 0.196. The molecule has 1 heterocycles. The number of anilines is 2. The van der Waals surface area contributed by atoms with Gasteiger partial charge in [0.25, 0.3) is 15.9 Å². The number of thiazole rings is 1. The Bertz CT molecular complexity index is 1760. The molecular weight excluding hydrogens is 494 g/mol. The minimum absolute atomic E-state index is 0.0931. The van der Waals surface area contributed by atoms with Crippen LogP contribution >= 0.6 is 11.3 Å². The summed E-state index contributed by atoms with van der Waals surface area (Å²) in [6.07, 6.45) is 2.07. The lowest BCUT2D eigenvalue weighted by Crippen LogP contribution is -2.15. The summed E-state index contributed by atoms with van der Waals surface area (Å²) in [4.78, 5) is 17.8. The Morgan fingerprint density at radius 1 is 0.972 bits per heavy atom. The number of sulfonamides is 1. The monoisotopic (exact) mass is 515 g/mol. The maximum atomic E-state index is 13.0. The van der Waals surface area contributed by atoms with E-state index in [0.29, 0.717) is 16.4 Å². The summed E-state index contributed by atoms with van der Waals surface area (Å²) in [6, 6.07) is 20.9. The Morgan fingerprint density at radius 3 is 2.56 bits per heavy atom. The summed E-state index contributed by atoms with van der Waals surface area (Å²) in [6.45, 7) is 0. The average molecular weight is 516 g/mol. The van der Waals surface area contributed by atoms with Gasteiger partial charge in [-0.3, -0.25) is 14.8 Å². The van der Waals surface area contributed by atoms with Crippen molar-refractivity contribution in [3.05, 3.63) is 89.5 Å². The van der Waals surface area contributed by atoms with E-state index in [0.717, 1.165) is 28.4 Å². The van der Waals surface area contributed by atoms with Gasteiger partial charge in [-0.15, -0.1) is 0 Å². The smallest absolute Gasteiger partial charge is 0.261 e. The summed E-state index contributed by atoms with van der Waals surface area (Å²) in [7, 11) is -2.31. The van der Waals surface area contributed by atoms with Gasteiger partial charge >= 0.3 is 0 Å². The molecule has 9 heteroatoms. The molecule has 4 aromatic carbocycles. The molecule has 0 spiro atoms. The number of carbonyl (C=O) groups is 1. The van der Waals surface area contributed by atoms with Crippen LogP contribution in [0.2, 0.25) is 0 Å². The van der Waals surface area contributed by atoms with Crippen molar-refractivity contribution in [2.75, 3.05) is 17.1 Å². The minimum Gasteiger partial charge on any atom is -0.497 e. The summed E-state index contributed by atoms with van der Waals surface area (Å²) in [5, 5.41) is 5.78. The first-order chi connectivity index (χ1) is 17.4. The van der Waals surface area contributed by atoms with Crippen molar-refractivity contribution in [3.8, 4) is 5.75 Å². The van der Waals surface area contributed by atoms with Crippen molar-refractivity contribution < 1.29 is 17.9 Å². The predicted molar refractivity (Wildman–Crippen MR) is 143 cm³/mol. The molecule has 1 amide bonds. The van der Waals surface area contributed by atoms with Crippen LogP contribution in [-0.2, 0) is 22.9 Å². The van der Waals surface area contributed by atoms with Crippen LogP contribution in [0.5, 0.6) is 5.75 Å². The summed E-state index contributed by atoms with van der Waals surface area (Å²) >= 11 is 1.44. The molecule has 6 rings (SSSR count). The number of rotatable bonds is 6. The molecule has 180 valence electrons. The Kier molecular flexibility index (Phi) is 5.39. The van der Waals surface area contributed by atoms with E-state index in [4.69, 9.17) is 9.72 Å². The first-order valence-electron chi connectivity index (χ1n) is 11.3. The highest BCUT2D eigenvalue weighted by atomic mass is 32.2. The van der Waals surface area contributed by atoms with Crippen LogP contribution in [0.4, 0.5) is 10.8 Å². The number of fused-ring (bicyclic) bond motifs is 2. The zero-order valence-electron chi connectivity index (χ0n) is 19.2. The van der Waals surface area contributed by atoms with E-state index in [1.165, 1.54) is 53.2 Å². The summed E-state index contributed by atoms with van der Waals surface area (Å²) < 4.78 is 34.2. The molecule has 0 atom stereocenters. The minimum atomic E-state index is -3.83. The van der Waals surface area contributed by atoms with Crippen molar-refractivity contribution >= 4 is 59.1 Å². The molecule has 36 heavy (non-hydrogen) atoms. The fourth-order valence-electron chi connectivity index (χ4n) is 4.62. The van der Waals surface area contributed by atoms with Gasteiger partial charge in [0.15, 0.2) is 5.13 Å². The molecule has 1 aliphatic carbocycles. The maximum absolute atomic E-state index is 13.0. The van der Waals surface area contributed by atoms with Crippen molar-refractivity contribution in [1.29, 1.82) is 0 Å². The zero-order chi connectivity index (χ0) is 24.9. The van der Waals surface area contributed by atoms with Crippen LogP contribution in [0.1, 0.15) is 21.5 Å². The zero-order valence-corrected chi connectivity index (χ0v) is 20.9. The van der Waals surface area contributed by atoms with Crippen molar-refractivity contribution in [2.24, 2.45) is 0 Å². The highest BCUT2D eigenvalue weighted by Crippen LogP contribution is 2.39. The van der Waals surface area contributed by atoms with Crippen LogP contribution in [0.3, 0.4) is 0 Å². The molecule has 0 saturated carbocycles. The first kappa shape index (κ1) is 22.5.